The van der Waals surface area contributed by atoms with Crippen LogP contribution in [0, 0.1) is 5.41 Å². The van der Waals surface area contributed by atoms with Crippen LogP contribution in [0.25, 0.3) is 0 Å². The minimum Gasteiger partial charge on any atom is -0.317 e. The minimum atomic E-state index is -0.0411. The smallest absolute Gasteiger partial charge is 0.166 e. The van der Waals surface area contributed by atoms with Gasteiger partial charge in [-0.2, -0.15) is 0 Å². The van der Waals surface area contributed by atoms with Gasteiger partial charge in [-0.05, 0) is 31.3 Å². The zero-order valence-corrected chi connectivity index (χ0v) is 10.3. The number of carbonyl (C=O) groups excluding carboxylic acids is 2. The van der Waals surface area contributed by atoms with Gasteiger partial charge in [-0.1, -0.05) is 27.9 Å². The van der Waals surface area contributed by atoms with Crippen LogP contribution in [-0.4, -0.2) is 24.7 Å². The average molecular weight is 239 g/mol. The Balaban J connectivity index is 0.000000811. The molecular weight excluding hydrogens is 214 g/mol. The first-order valence-electron chi connectivity index (χ1n) is 6.09. The second kappa shape index (κ2) is 6.70. The molecule has 1 aliphatic carbocycles. The molecule has 2 rings (SSSR count). The molecule has 0 unspecified atom stereocenters. The number of hydrogen-bond donors (Lipinski definition) is 1. The number of piperidine rings is 1. The van der Waals surface area contributed by atoms with E-state index in [2.05, 4.69) is 11.9 Å². The summed E-state index contributed by atoms with van der Waals surface area (Å²) in [6.45, 7) is 9.39. The van der Waals surface area contributed by atoms with E-state index < -0.39 is 0 Å². The maximum Gasteiger partial charge on any atom is 0.166 e. The van der Waals surface area contributed by atoms with E-state index >= 15 is 0 Å². The maximum absolute atomic E-state index is 11.5. The van der Waals surface area contributed by atoms with Crippen LogP contribution in [0.15, 0.2) is 12.2 Å². The fraction of sp³-hybridized carbons (Fsp3) is 0.714. The molecule has 0 bridgehead atoms. The number of Topliss-reactive ketones (excluding diaryl/α,β-unsaturated/α-hetero) is 2. The molecule has 2 aliphatic rings. The van der Waals surface area contributed by atoms with E-state index in [9.17, 15) is 9.59 Å². The van der Waals surface area contributed by atoms with Crippen LogP contribution in [0.4, 0.5) is 0 Å². The van der Waals surface area contributed by atoms with Crippen molar-refractivity contribution in [2.45, 2.75) is 47.0 Å². The standard InChI is InChI=1S/C11H15NO2.C2H6.CH4/c1-8-9(13)6-11(7-10(8)14)2-4-12-5-3-11;1-2;/h12H,1-7H2;1-2H3;1H4. The summed E-state index contributed by atoms with van der Waals surface area (Å²) in [5.74, 6) is -0.0775. The number of nitrogens with one attached hydrogen (secondary N) is 1. The quantitative estimate of drug-likeness (QED) is 0.522. The maximum atomic E-state index is 11.5. The molecule has 2 fully saturated rings. The van der Waals surface area contributed by atoms with Gasteiger partial charge in [-0.25, -0.2) is 0 Å². The normalized spacial score (nSPS) is 22.6. The zero-order valence-electron chi connectivity index (χ0n) is 10.3. The predicted octanol–water partition coefficient (Wildman–Crippen LogP) is 2.51. The highest BCUT2D eigenvalue weighted by Gasteiger charge is 2.41. The van der Waals surface area contributed by atoms with Crippen molar-refractivity contribution in [2.24, 2.45) is 5.41 Å². The summed E-state index contributed by atoms with van der Waals surface area (Å²) < 4.78 is 0. The minimum absolute atomic E-state index is 0. The Hall–Kier alpha value is -0.960. The van der Waals surface area contributed by atoms with Crippen molar-refractivity contribution >= 4 is 11.6 Å². The van der Waals surface area contributed by atoms with Gasteiger partial charge in [0, 0.05) is 12.8 Å². The van der Waals surface area contributed by atoms with E-state index in [4.69, 9.17) is 0 Å². The fourth-order valence-corrected chi connectivity index (χ4v) is 2.42. The highest BCUT2D eigenvalue weighted by molar-refractivity contribution is 6.21. The number of rotatable bonds is 0. The molecule has 0 aromatic heterocycles. The van der Waals surface area contributed by atoms with Gasteiger partial charge in [-0.15, -0.1) is 0 Å². The molecule has 0 aromatic rings. The van der Waals surface area contributed by atoms with Crippen molar-refractivity contribution in [1.29, 1.82) is 0 Å². The molecule has 1 heterocycles. The molecule has 3 heteroatoms. The van der Waals surface area contributed by atoms with Gasteiger partial charge in [0.05, 0.1) is 5.57 Å². The molecule has 1 saturated heterocycles. The molecule has 0 radical (unpaired) electrons. The van der Waals surface area contributed by atoms with E-state index in [-0.39, 0.29) is 30.0 Å². The SMILES string of the molecule is C.C=C1C(=O)CC2(CCNCC2)CC1=O.CC. The van der Waals surface area contributed by atoms with Gasteiger partial charge >= 0.3 is 0 Å². The first-order chi connectivity index (χ1) is 7.63. The van der Waals surface area contributed by atoms with E-state index in [1.165, 1.54) is 0 Å². The Labute approximate surface area is 105 Å². The Morgan fingerprint density at radius 2 is 1.47 bits per heavy atom. The van der Waals surface area contributed by atoms with Crippen LogP contribution < -0.4 is 5.32 Å². The fourth-order valence-electron chi connectivity index (χ4n) is 2.42. The lowest BCUT2D eigenvalue weighted by Crippen LogP contribution is -2.43. The monoisotopic (exact) mass is 239 g/mol. The Morgan fingerprint density at radius 3 is 1.88 bits per heavy atom. The van der Waals surface area contributed by atoms with Crippen molar-refractivity contribution in [2.75, 3.05) is 13.1 Å². The summed E-state index contributed by atoms with van der Waals surface area (Å²) >= 11 is 0. The Kier molecular flexibility index (Phi) is 6.32. The van der Waals surface area contributed by atoms with Crippen LogP contribution in [-0.2, 0) is 9.59 Å². The molecule has 1 N–H and O–H groups in total. The molecule has 3 nitrogen and oxygen atoms in total. The van der Waals surface area contributed by atoms with Gasteiger partial charge in [0.15, 0.2) is 11.6 Å². The van der Waals surface area contributed by atoms with Crippen molar-refractivity contribution < 1.29 is 9.59 Å². The molecule has 0 aromatic carbocycles. The highest BCUT2D eigenvalue weighted by atomic mass is 16.1. The zero-order chi connectivity index (χ0) is 12.2. The van der Waals surface area contributed by atoms with Crippen molar-refractivity contribution in [3.63, 3.8) is 0 Å². The van der Waals surface area contributed by atoms with Gasteiger partial charge in [0.2, 0.25) is 0 Å². The van der Waals surface area contributed by atoms with Crippen molar-refractivity contribution in [1.82, 2.24) is 5.32 Å². The van der Waals surface area contributed by atoms with Crippen molar-refractivity contribution in [3.8, 4) is 0 Å². The number of hydrogen-bond acceptors (Lipinski definition) is 3. The molecule has 0 amide bonds. The van der Waals surface area contributed by atoms with Gasteiger partial charge in [0.25, 0.3) is 0 Å². The third kappa shape index (κ3) is 3.50. The summed E-state index contributed by atoms with van der Waals surface area (Å²) in [6.07, 6.45) is 2.94. The molecule has 98 valence electrons. The van der Waals surface area contributed by atoms with Gasteiger partial charge < -0.3 is 5.32 Å². The Morgan fingerprint density at radius 1 is 1.06 bits per heavy atom. The summed E-state index contributed by atoms with van der Waals surface area (Å²) in [5, 5.41) is 3.25. The topological polar surface area (TPSA) is 46.2 Å². The largest absolute Gasteiger partial charge is 0.317 e. The summed E-state index contributed by atoms with van der Waals surface area (Å²) in [5.41, 5.74) is 0.176. The van der Waals surface area contributed by atoms with E-state index in [0.29, 0.717) is 12.8 Å². The molecule has 1 saturated carbocycles. The third-order valence-corrected chi connectivity index (χ3v) is 3.41. The second-order valence-corrected chi connectivity index (χ2v) is 4.43. The first kappa shape index (κ1) is 16.0. The second-order valence-electron chi connectivity index (χ2n) is 4.43. The number of allylic oxidation sites excluding steroid dienone is 1. The number of ketones is 2. The lowest BCUT2D eigenvalue weighted by atomic mass is 9.66. The third-order valence-electron chi connectivity index (χ3n) is 3.41. The first-order valence-corrected chi connectivity index (χ1v) is 6.09. The van der Waals surface area contributed by atoms with Gasteiger partial charge in [-0.3, -0.25) is 9.59 Å². The van der Waals surface area contributed by atoms with E-state index in [0.717, 1.165) is 25.9 Å². The predicted molar refractivity (Wildman–Crippen MR) is 71.0 cm³/mol. The molecule has 0 atom stereocenters. The molecule has 1 aliphatic heterocycles. The molecular formula is C14H25NO2. The summed E-state index contributed by atoms with van der Waals surface area (Å²) in [7, 11) is 0. The van der Waals surface area contributed by atoms with Crippen LogP contribution in [0.5, 0.6) is 0 Å². The van der Waals surface area contributed by atoms with Gasteiger partial charge in [0.1, 0.15) is 0 Å². The highest BCUT2D eigenvalue weighted by Crippen LogP contribution is 2.41. The van der Waals surface area contributed by atoms with Crippen LogP contribution in [0.1, 0.15) is 47.0 Å². The Bertz CT molecular complexity index is 279. The average Bonchev–Trinajstić information content (AvgIpc) is 2.30. The van der Waals surface area contributed by atoms with Crippen LogP contribution in [0.2, 0.25) is 0 Å². The molecule has 1 spiro atoms. The lowest BCUT2D eigenvalue weighted by Gasteiger charge is -2.39. The van der Waals surface area contributed by atoms with E-state index in [1.54, 1.807) is 0 Å². The number of carbonyl (C=O) groups is 2. The van der Waals surface area contributed by atoms with Crippen LogP contribution >= 0.6 is 0 Å². The lowest BCUT2D eigenvalue weighted by molar-refractivity contribution is -0.129. The van der Waals surface area contributed by atoms with E-state index in [1.807, 2.05) is 13.8 Å². The molecule has 17 heavy (non-hydrogen) atoms. The summed E-state index contributed by atoms with van der Waals surface area (Å²) in [6, 6.07) is 0. The summed E-state index contributed by atoms with van der Waals surface area (Å²) in [4.78, 5) is 23.1. The van der Waals surface area contributed by atoms with Crippen LogP contribution in [0.3, 0.4) is 0 Å². The van der Waals surface area contributed by atoms with Crippen molar-refractivity contribution in [3.05, 3.63) is 12.2 Å².